The first-order valence-electron chi connectivity index (χ1n) is 17.7. The lowest BCUT2D eigenvalue weighted by molar-refractivity contribution is 0.467. The molecule has 51 heavy (non-hydrogen) atoms. The third-order valence-electron chi connectivity index (χ3n) is 10.9. The fourth-order valence-electron chi connectivity index (χ4n) is 8.60. The summed E-state index contributed by atoms with van der Waals surface area (Å²) in [5, 5.41) is 7.20. The highest BCUT2D eigenvalue weighted by molar-refractivity contribution is 7.80. The molecule has 0 aliphatic carbocycles. The van der Waals surface area contributed by atoms with Gasteiger partial charge in [0.05, 0.1) is 22.7 Å². The number of benzene rings is 8. The highest BCUT2D eigenvalue weighted by Crippen LogP contribution is 2.62. The molecule has 2 aliphatic heterocycles. The van der Waals surface area contributed by atoms with Gasteiger partial charge in [-0.2, -0.15) is 12.6 Å². The zero-order valence-corrected chi connectivity index (χ0v) is 29.5. The van der Waals surface area contributed by atoms with Crippen molar-refractivity contribution in [2.75, 3.05) is 15.6 Å². The first kappa shape index (κ1) is 30.1. The number of aryl methyl sites for hydroxylation is 1. The van der Waals surface area contributed by atoms with E-state index in [1.54, 1.807) is 0 Å². The number of fused-ring (bicyclic) bond motifs is 9. The van der Waals surface area contributed by atoms with Crippen LogP contribution in [0.15, 0.2) is 152 Å². The van der Waals surface area contributed by atoms with Crippen LogP contribution in [-0.4, -0.2) is 5.75 Å². The Labute approximate surface area is 303 Å². The fraction of sp³-hybridized carbons (Fsp3) is 0.106. The summed E-state index contributed by atoms with van der Waals surface area (Å²) in [6.45, 7) is 4.66. The first-order valence-corrected chi connectivity index (χ1v) is 18.3. The Kier molecular flexibility index (Phi) is 6.74. The molecule has 2 aliphatic rings. The molecule has 0 amide bonds. The number of hydrogen-bond donors (Lipinski definition) is 1. The second kappa shape index (κ2) is 11.4. The van der Waals surface area contributed by atoms with Gasteiger partial charge in [0.1, 0.15) is 0 Å². The van der Waals surface area contributed by atoms with E-state index in [2.05, 4.69) is 175 Å². The molecule has 4 heteroatoms. The van der Waals surface area contributed by atoms with Gasteiger partial charge < -0.3 is 14.5 Å². The maximum atomic E-state index is 7.00. The zero-order valence-electron chi connectivity index (χ0n) is 28.6. The van der Waals surface area contributed by atoms with E-state index in [9.17, 15) is 0 Å². The van der Waals surface area contributed by atoms with E-state index in [0.717, 1.165) is 46.2 Å². The van der Waals surface area contributed by atoms with Gasteiger partial charge in [0.15, 0.2) is 11.5 Å². The van der Waals surface area contributed by atoms with Crippen LogP contribution in [0.5, 0.6) is 11.5 Å². The third-order valence-corrected chi connectivity index (χ3v) is 11.1. The molecule has 246 valence electrons. The minimum absolute atomic E-state index is 0.184. The van der Waals surface area contributed by atoms with E-state index < -0.39 is 0 Å². The summed E-state index contributed by atoms with van der Waals surface area (Å²) < 4.78 is 7.00. The fourth-order valence-corrected chi connectivity index (χ4v) is 8.84. The normalized spacial score (nSPS) is 13.8. The Hall–Kier alpha value is -5.71. The highest BCUT2D eigenvalue weighted by Gasteiger charge is 2.42. The molecular weight excluding hydrogens is 641 g/mol. The van der Waals surface area contributed by atoms with Gasteiger partial charge in [-0.25, -0.2) is 0 Å². The topological polar surface area (TPSA) is 15.7 Å². The maximum absolute atomic E-state index is 7.00. The second-order valence-electron chi connectivity index (χ2n) is 14.1. The van der Waals surface area contributed by atoms with Gasteiger partial charge in [-0.15, -0.1) is 0 Å². The molecule has 2 heterocycles. The van der Waals surface area contributed by atoms with Gasteiger partial charge in [0, 0.05) is 32.9 Å². The molecule has 3 nitrogen and oxygen atoms in total. The van der Waals surface area contributed by atoms with Crippen LogP contribution in [0.4, 0.5) is 34.1 Å². The summed E-state index contributed by atoms with van der Waals surface area (Å²) in [6, 6.07) is 55.0. The van der Waals surface area contributed by atoms with Crippen molar-refractivity contribution in [3.8, 4) is 11.5 Å². The van der Waals surface area contributed by atoms with Crippen LogP contribution in [0.1, 0.15) is 30.5 Å². The average Bonchev–Trinajstić information content (AvgIpc) is 3.17. The highest BCUT2D eigenvalue weighted by atomic mass is 32.1. The SMILES string of the molecule is CC1(C)c2ccccc2N2c3c(cccc31)Oc1c(CCS)cc3c(ccc4c(N(c5ccccc5)c5ccccc5)c5ccccc5cc43)c12. The summed E-state index contributed by atoms with van der Waals surface area (Å²) >= 11 is 4.76. The number of hydrogen-bond acceptors (Lipinski definition) is 4. The minimum Gasteiger partial charge on any atom is -0.453 e. The predicted octanol–water partition coefficient (Wildman–Crippen LogP) is 13.3. The molecule has 0 radical (unpaired) electrons. The van der Waals surface area contributed by atoms with Crippen LogP contribution < -0.4 is 14.5 Å². The van der Waals surface area contributed by atoms with Crippen molar-refractivity contribution in [2.24, 2.45) is 0 Å². The van der Waals surface area contributed by atoms with Crippen LogP contribution >= 0.6 is 12.6 Å². The molecule has 0 aromatic heterocycles. The Bertz CT molecular complexity index is 2630. The van der Waals surface area contributed by atoms with Crippen molar-refractivity contribution in [2.45, 2.75) is 25.7 Å². The summed E-state index contributed by atoms with van der Waals surface area (Å²) in [4.78, 5) is 4.90. The van der Waals surface area contributed by atoms with E-state index in [1.165, 1.54) is 54.8 Å². The van der Waals surface area contributed by atoms with Crippen LogP contribution in [0.25, 0.3) is 32.3 Å². The summed E-state index contributed by atoms with van der Waals surface area (Å²) in [6.07, 6.45) is 0.786. The number of nitrogens with zero attached hydrogens (tertiary/aromatic N) is 2. The van der Waals surface area contributed by atoms with Crippen molar-refractivity contribution in [1.82, 2.24) is 0 Å². The molecule has 0 bridgehead atoms. The Morgan fingerprint density at radius 1 is 0.588 bits per heavy atom. The number of para-hydroxylation sites is 4. The van der Waals surface area contributed by atoms with E-state index >= 15 is 0 Å². The van der Waals surface area contributed by atoms with Crippen LogP contribution in [0.2, 0.25) is 0 Å². The molecule has 0 unspecified atom stereocenters. The molecule has 8 aromatic carbocycles. The van der Waals surface area contributed by atoms with Crippen LogP contribution in [0.3, 0.4) is 0 Å². The molecule has 8 aromatic rings. The van der Waals surface area contributed by atoms with Crippen molar-refractivity contribution < 1.29 is 4.74 Å². The largest absolute Gasteiger partial charge is 0.453 e. The molecule has 0 saturated heterocycles. The lowest BCUT2D eigenvalue weighted by Gasteiger charge is -2.45. The molecule has 0 N–H and O–H groups in total. The molecule has 0 spiro atoms. The lowest BCUT2D eigenvalue weighted by Crippen LogP contribution is -2.32. The zero-order chi connectivity index (χ0) is 34.3. The number of anilines is 6. The van der Waals surface area contributed by atoms with Gasteiger partial charge in [-0.3, -0.25) is 0 Å². The van der Waals surface area contributed by atoms with Crippen LogP contribution in [0, 0.1) is 0 Å². The lowest BCUT2D eigenvalue weighted by atomic mass is 9.73. The number of thiol groups is 1. The first-order chi connectivity index (χ1) is 25.0. The molecular formula is C47H36N2OS. The predicted molar refractivity (Wildman–Crippen MR) is 218 cm³/mol. The Morgan fingerprint density at radius 2 is 1.24 bits per heavy atom. The van der Waals surface area contributed by atoms with Crippen molar-refractivity contribution >= 4 is 79.1 Å². The minimum atomic E-state index is -0.184. The van der Waals surface area contributed by atoms with Crippen molar-refractivity contribution in [3.63, 3.8) is 0 Å². The van der Waals surface area contributed by atoms with E-state index in [1.807, 2.05) is 0 Å². The Morgan fingerprint density at radius 3 is 2.00 bits per heavy atom. The van der Waals surface area contributed by atoms with E-state index in [-0.39, 0.29) is 5.41 Å². The van der Waals surface area contributed by atoms with Crippen molar-refractivity contribution in [3.05, 3.63) is 168 Å². The van der Waals surface area contributed by atoms with Gasteiger partial charge >= 0.3 is 0 Å². The number of ether oxygens (including phenoxy) is 1. The molecule has 0 saturated carbocycles. The average molecular weight is 677 g/mol. The Balaban J connectivity index is 1.34. The van der Waals surface area contributed by atoms with Crippen molar-refractivity contribution in [1.29, 1.82) is 0 Å². The van der Waals surface area contributed by atoms with Crippen LogP contribution in [-0.2, 0) is 11.8 Å². The standard InChI is InChI=1S/C47H36N2OS/c1-47(2)39-20-11-12-22-41(39)49-44-36-25-24-35-37(38(36)29-31(26-27-51)46(44)50-42-23-13-21-40(47)45(42)49)28-30-14-9-10-19-34(30)43(35)48(32-15-5-3-6-16-32)33-17-7-4-8-18-33/h3-25,28-29,51H,26-27H2,1-2H3. The van der Waals surface area contributed by atoms with Gasteiger partial charge in [0.2, 0.25) is 0 Å². The summed E-state index contributed by atoms with van der Waals surface area (Å²) in [5.74, 6) is 2.54. The monoisotopic (exact) mass is 676 g/mol. The van der Waals surface area contributed by atoms with Gasteiger partial charge in [0.25, 0.3) is 0 Å². The molecule has 10 rings (SSSR count). The maximum Gasteiger partial charge on any atom is 0.155 e. The quantitative estimate of drug-likeness (QED) is 0.111. The number of rotatable bonds is 5. The van der Waals surface area contributed by atoms with Gasteiger partial charge in [-0.1, -0.05) is 117 Å². The second-order valence-corrected chi connectivity index (χ2v) is 14.6. The molecule has 0 atom stereocenters. The van der Waals surface area contributed by atoms with E-state index in [4.69, 9.17) is 17.4 Å². The van der Waals surface area contributed by atoms with E-state index in [0.29, 0.717) is 5.75 Å². The smallest absolute Gasteiger partial charge is 0.155 e. The van der Waals surface area contributed by atoms with Gasteiger partial charge in [-0.05, 0) is 93.6 Å². The summed E-state index contributed by atoms with van der Waals surface area (Å²) in [7, 11) is 0. The summed E-state index contributed by atoms with van der Waals surface area (Å²) in [5.41, 5.74) is 10.4. The third kappa shape index (κ3) is 4.39. The molecule has 0 fully saturated rings.